The van der Waals surface area contributed by atoms with E-state index in [4.69, 9.17) is 21.1 Å². The van der Waals surface area contributed by atoms with Crippen LogP contribution >= 0.6 is 22.9 Å². The highest BCUT2D eigenvalue weighted by Crippen LogP contribution is 2.36. The van der Waals surface area contributed by atoms with Gasteiger partial charge < -0.3 is 19.7 Å². The summed E-state index contributed by atoms with van der Waals surface area (Å²) in [6, 6.07) is 10.5. The van der Waals surface area contributed by atoms with Gasteiger partial charge in [-0.1, -0.05) is 29.8 Å². The predicted molar refractivity (Wildman–Crippen MR) is 125 cm³/mol. The van der Waals surface area contributed by atoms with Crippen molar-refractivity contribution in [2.75, 3.05) is 32.6 Å². The number of nitrogens with zero attached hydrogens (tertiary/aromatic N) is 2. The summed E-state index contributed by atoms with van der Waals surface area (Å²) < 4.78 is 10.7. The number of rotatable bonds is 6. The maximum atomic E-state index is 13.1. The molecular formula is C23H22ClN3O4S. The van der Waals surface area contributed by atoms with E-state index in [1.54, 1.807) is 23.1 Å². The van der Waals surface area contributed by atoms with Gasteiger partial charge in [0.2, 0.25) is 0 Å². The molecule has 3 aromatic rings. The second-order valence-electron chi connectivity index (χ2n) is 7.22. The molecule has 0 radical (unpaired) electrons. The fraction of sp³-hybridized carbons (Fsp3) is 0.261. The van der Waals surface area contributed by atoms with Crippen LogP contribution in [0.15, 0.2) is 42.6 Å². The number of carbonyl (C=O) groups excluding carboxylic acids is 2. The van der Waals surface area contributed by atoms with E-state index in [0.29, 0.717) is 50.7 Å². The van der Waals surface area contributed by atoms with Crippen LogP contribution in [0.5, 0.6) is 11.5 Å². The number of methoxy groups -OCH3 is 2. The Labute approximate surface area is 194 Å². The fourth-order valence-corrected chi connectivity index (χ4v) is 4.70. The van der Waals surface area contributed by atoms with Crippen molar-refractivity contribution in [3.63, 3.8) is 0 Å². The van der Waals surface area contributed by atoms with Gasteiger partial charge in [-0.25, -0.2) is 4.98 Å². The molecule has 1 fully saturated rings. The molecule has 0 aliphatic carbocycles. The Balaban J connectivity index is 1.65. The Bertz CT molecular complexity index is 1160. The van der Waals surface area contributed by atoms with E-state index in [0.717, 1.165) is 18.4 Å². The first kappa shape index (κ1) is 22.1. The SMILES string of the molecule is COc1cc(NC(=O)c2cnc(-c3ccccc3Cl)s2)c(C(=O)N2CCCC2)cc1OC. The highest BCUT2D eigenvalue weighted by Gasteiger charge is 2.25. The van der Waals surface area contributed by atoms with Gasteiger partial charge in [0.05, 0.1) is 36.7 Å². The molecule has 2 heterocycles. The molecule has 0 atom stereocenters. The molecule has 2 aromatic carbocycles. The van der Waals surface area contributed by atoms with Gasteiger partial charge >= 0.3 is 0 Å². The minimum absolute atomic E-state index is 0.153. The molecular weight excluding hydrogens is 450 g/mol. The van der Waals surface area contributed by atoms with Gasteiger partial charge in [0.1, 0.15) is 9.88 Å². The number of halogens is 1. The molecule has 1 aliphatic rings. The van der Waals surface area contributed by atoms with Crippen LogP contribution in [-0.4, -0.2) is 49.0 Å². The minimum Gasteiger partial charge on any atom is -0.493 e. The van der Waals surface area contributed by atoms with Crippen LogP contribution in [0.4, 0.5) is 5.69 Å². The van der Waals surface area contributed by atoms with Gasteiger partial charge in [-0.2, -0.15) is 0 Å². The van der Waals surface area contributed by atoms with Crippen LogP contribution in [0.25, 0.3) is 10.6 Å². The summed E-state index contributed by atoms with van der Waals surface area (Å²) in [5.74, 6) is 0.317. The number of thiazole rings is 1. The highest BCUT2D eigenvalue weighted by atomic mass is 35.5. The summed E-state index contributed by atoms with van der Waals surface area (Å²) in [7, 11) is 3.01. The number of aromatic nitrogens is 1. The zero-order valence-corrected chi connectivity index (χ0v) is 19.3. The zero-order chi connectivity index (χ0) is 22.7. The molecule has 2 amide bonds. The largest absolute Gasteiger partial charge is 0.493 e. The molecule has 1 aliphatic heterocycles. The van der Waals surface area contributed by atoms with Crippen LogP contribution in [0.2, 0.25) is 5.02 Å². The lowest BCUT2D eigenvalue weighted by Crippen LogP contribution is -2.29. The maximum Gasteiger partial charge on any atom is 0.267 e. The third kappa shape index (κ3) is 4.42. The average molecular weight is 472 g/mol. The van der Waals surface area contributed by atoms with E-state index in [1.165, 1.54) is 31.8 Å². The number of amides is 2. The van der Waals surface area contributed by atoms with Crippen molar-refractivity contribution >= 4 is 40.4 Å². The van der Waals surface area contributed by atoms with E-state index in [-0.39, 0.29) is 11.8 Å². The first-order valence-electron chi connectivity index (χ1n) is 10.1. The molecule has 0 bridgehead atoms. The Hall–Kier alpha value is -3.10. The molecule has 166 valence electrons. The van der Waals surface area contributed by atoms with E-state index < -0.39 is 0 Å². The molecule has 1 saturated heterocycles. The van der Waals surface area contributed by atoms with Crippen molar-refractivity contribution in [3.8, 4) is 22.1 Å². The molecule has 9 heteroatoms. The molecule has 0 spiro atoms. The molecule has 4 rings (SSSR count). The van der Waals surface area contributed by atoms with Crippen LogP contribution in [0.3, 0.4) is 0 Å². The summed E-state index contributed by atoms with van der Waals surface area (Å²) in [4.78, 5) is 32.7. The monoisotopic (exact) mass is 471 g/mol. The Morgan fingerprint density at radius 1 is 1.09 bits per heavy atom. The normalized spacial score (nSPS) is 13.2. The molecule has 1 aromatic heterocycles. The van der Waals surface area contributed by atoms with E-state index in [9.17, 15) is 9.59 Å². The van der Waals surface area contributed by atoms with Crippen molar-refractivity contribution in [1.29, 1.82) is 0 Å². The predicted octanol–water partition coefficient (Wildman–Crippen LogP) is 4.97. The number of hydrogen-bond acceptors (Lipinski definition) is 6. The van der Waals surface area contributed by atoms with Gasteiger partial charge in [-0.15, -0.1) is 11.3 Å². The first-order valence-corrected chi connectivity index (χ1v) is 11.3. The topological polar surface area (TPSA) is 80.8 Å². The molecule has 7 nitrogen and oxygen atoms in total. The maximum absolute atomic E-state index is 13.1. The van der Waals surface area contributed by atoms with Gasteiger partial charge in [-0.3, -0.25) is 9.59 Å². The van der Waals surface area contributed by atoms with E-state index in [2.05, 4.69) is 10.3 Å². The number of benzene rings is 2. The summed E-state index contributed by atoms with van der Waals surface area (Å²) in [5.41, 5.74) is 1.47. The minimum atomic E-state index is -0.372. The zero-order valence-electron chi connectivity index (χ0n) is 17.7. The molecule has 0 unspecified atom stereocenters. The van der Waals surface area contributed by atoms with Crippen LogP contribution in [0.1, 0.15) is 32.9 Å². The van der Waals surface area contributed by atoms with Gasteiger partial charge in [0, 0.05) is 24.7 Å². The summed E-state index contributed by atoms with van der Waals surface area (Å²) in [5, 5.41) is 4.05. The summed E-state index contributed by atoms with van der Waals surface area (Å²) >= 11 is 7.48. The third-order valence-electron chi connectivity index (χ3n) is 5.23. The van der Waals surface area contributed by atoms with E-state index in [1.807, 2.05) is 18.2 Å². The number of anilines is 1. The third-order valence-corrected chi connectivity index (χ3v) is 6.59. The van der Waals surface area contributed by atoms with Crippen molar-refractivity contribution in [2.45, 2.75) is 12.8 Å². The number of carbonyl (C=O) groups is 2. The Kier molecular flexibility index (Phi) is 6.62. The number of nitrogens with one attached hydrogen (secondary N) is 1. The lowest BCUT2D eigenvalue weighted by atomic mass is 10.1. The first-order chi connectivity index (χ1) is 15.5. The van der Waals surface area contributed by atoms with Crippen molar-refractivity contribution in [1.82, 2.24) is 9.88 Å². The van der Waals surface area contributed by atoms with E-state index >= 15 is 0 Å². The Morgan fingerprint density at radius 2 is 1.78 bits per heavy atom. The van der Waals surface area contributed by atoms with Crippen LogP contribution < -0.4 is 14.8 Å². The summed E-state index contributed by atoms with van der Waals surface area (Å²) in [6.07, 6.45) is 3.43. The lowest BCUT2D eigenvalue weighted by molar-refractivity contribution is 0.0793. The van der Waals surface area contributed by atoms with Gasteiger partial charge in [-0.05, 0) is 25.0 Å². The standard InChI is InChI=1S/C23H22ClN3O4S/c1-30-18-11-15(23(29)27-9-5-6-10-27)17(12-19(18)31-2)26-21(28)20-13-25-22(32-20)14-7-3-4-8-16(14)24/h3-4,7-8,11-13H,5-6,9-10H2,1-2H3,(H,26,28). The number of likely N-dealkylation sites (tertiary alicyclic amines) is 1. The summed E-state index contributed by atoms with van der Waals surface area (Å²) in [6.45, 7) is 1.38. The second-order valence-corrected chi connectivity index (χ2v) is 8.65. The van der Waals surface area contributed by atoms with Gasteiger partial charge in [0.25, 0.3) is 11.8 Å². The van der Waals surface area contributed by atoms with Crippen LogP contribution in [0, 0.1) is 0 Å². The average Bonchev–Trinajstić information content (AvgIpc) is 3.51. The quantitative estimate of drug-likeness (QED) is 0.549. The van der Waals surface area contributed by atoms with Gasteiger partial charge in [0.15, 0.2) is 11.5 Å². The van der Waals surface area contributed by atoms with Crippen LogP contribution in [-0.2, 0) is 0 Å². The van der Waals surface area contributed by atoms with Crippen molar-refractivity contribution < 1.29 is 19.1 Å². The molecule has 0 saturated carbocycles. The Morgan fingerprint density at radius 3 is 2.47 bits per heavy atom. The smallest absolute Gasteiger partial charge is 0.267 e. The molecule has 32 heavy (non-hydrogen) atoms. The molecule has 1 N–H and O–H groups in total. The number of ether oxygens (including phenoxy) is 2. The number of hydrogen-bond donors (Lipinski definition) is 1. The van der Waals surface area contributed by atoms with Crippen molar-refractivity contribution in [2.24, 2.45) is 0 Å². The fourth-order valence-electron chi connectivity index (χ4n) is 3.57. The van der Waals surface area contributed by atoms with Crippen molar-refractivity contribution in [3.05, 3.63) is 58.1 Å². The second kappa shape index (κ2) is 9.58. The lowest BCUT2D eigenvalue weighted by Gasteiger charge is -2.20. The highest BCUT2D eigenvalue weighted by molar-refractivity contribution is 7.17.